The number of amides is 2. The molecular formula is C18H22N4O4S2. The Bertz CT molecular complexity index is 994. The number of aryl methyl sites for hydroxylation is 1. The monoisotopic (exact) mass is 422 g/mol. The second-order valence-electron chi connectivity index (χ2n) is 6.71. The number of nitrogens with two attached hydrogens (primary N) is 1. The zero-order chi connectivity index (χ0) is 20.5. The Labute approximate surface area is 167 Å². The highest BCUT2D eigenvalue weighted by Crippen LogP contribution is 2.33. The maximum Gasteiger partial charge on any atom is 0.251 e. The summed E-state index contributed by atoms with van der Waals surface area (Å²) in [4.78, 5) is 29.3. The fourth-order valence-corrected chi connectivity index (χ4v) is 5.74. The van der Waals surface area contributed by atoms with Crippen LogP contribution in [-0.2, 0) is 14.8 Å². The van der Waals surface area contributed by atoms with Crippen molar-refractivity contribution < 1.29 is 18.0 Å². The summed E-state index contributed by atoms with van der Waals surface area (Å²) in [6.45, 7) is 4.16. The van der Waals surface area contributed by atoms with Gasteiger partial charge in [-0.05, 0) is 44.4 Å². The second-order valence-corrected chi connectivity index (χ2v) is 9.87. The molecule has 3 rings (SSSR count). The van der Waals surface area contributed by atoms with Crippen molar-refractivity contribution >= 4 is 38.2 Å². The molecule has 10 heteroatoms. The van der Waals surface area contributed by atoms with E-state index in [9.17, 15) is 18.0 Å². The van der Waals surface area contributed by atoms with Gasteiger partial charge in [-0.15, -0.1) is 11.3 Å². The molecule has 0 aliphatic carbocycles. The lowest BCUT2D eigenvalue weighted by atomic mass is 9.97. The molecule has 28 heavy (non-hydrogen) atoms. The molecule has 2 aromatic rings. The van der Waals surface area contributed by atoms with E-state index in [1.165, 1.54) is 34.1 Å². The van der Waals surface area contributed by atoms with Crippen LogP contribution in [0.5, 0.6) is 0 Å². The molecule has 0 spiro atoms. The van der Waals surface area contributed by atoms with Gasteiger partial charge in [0.05, 0.1) is 5.56 Å². The van der Waals surface area contributed by atoms with E-state index in [0.29, 0.717) is 23.4 Å². The van der Waals surface area contributed by atoms with E-state index in [1.807, 2.05) is 6.92 Å². The molecule has 1 fully saturated rings. The molecule has 0 bridgehead atoms. The van der Waals surface area contributed by atoms with Crippen LogP contribution in [0.4, 0.5) is 5.00 Å². The van der Waals surface area contributed by atoms with Crippen molar-refractivity contribution in [3.05, 3.63) is 40.5 Å². The Morgan fingerprint density at radius 1 is 1.29 bits per heavy atom. The number of hydrogen-bond donors (Lipinski definition) is 2. The van der Waals surface area contributed by atoms with E-state index in [1.54, 1.807) is 13.0 Å². The largest absolute Gasteiger partial charge is 0.365 e. The summed E-state index contributed by atoms with van der Waals surface area (Å²) in [6.07, 6.45) is 3.64. The third-order valence-electron chi connectivity index (χ3n) is 4.97. The predicted molar refractivity (Wildman–Crippen MR) is 107 cm³/mol. The van der Waals surface area contributed by atoms with Crippen LogP contribution in [0.3, 0.4) is 0 Å². The van der Waals surface area contributed by atoms with E-state index >= 15 is 0 Å². The summed E-state index contributed by atoms with van der Waals surface area (Å²) in [7, 11) is -3.61. The van der Waals surface area contributed by atoms with Crippen LogP contribution < -0.4 is 11.1 Å². The molecular weight excluding hydrogens is 400 g/mol. The van der Waals surface area contributed by atoms with Crippen molar-refractivity contribution in [2.24, 2.45) is 11.7 Å². The number of piperidine rings is 1. The number of nitrogens with one attached hydrogen (secondary N) is 1. The van der Waals surface area contributed by atoms with Crippen molar-refractivity contribution in [3.63, 3.8) is 0 Å². The van der Waals surface area contributed by atoms with Gasteiger partial charge in [0, 0.05) is 36.3 Å². The molecule has 0 unspecified atom stereocenters. The smallest absolute Gasteiger partial charge is 0.251 e. The lowest BCUT2D eigenvalue weighted by Crippen LogP contribution is -2.41. The van der Waals surface area contributed by atoms with Gasteiger partial charge in [-0.3, -0.25) is 14.6 Å². The fourth-order valence-electron chi connectivity index (χ4n) is 3.23. The summed E-state index contributed by atoms with van der Waals surface area (Å²) in [6, 6.07) is 3.09. The minimum Gasteiger partial charge on any atom is -0.365 e. The number of hydrogen-bond acceptors (Lipinski definition) is 6. The third-order valence-corrected chi connectivity index (χ3v) is 7.97. The van der Waals surface area contributed by atoms with Gasteiger partial charge < -0.3 is 11.1 Å². The van der Waals surface area contributed by atoms with Crippen LogP contribution in [0.15, 0.2) is 29.4 Å². The maximum atomic E-state index is 12.7. The van der Waals surface area contributed by atoms with Crippen LogP contribution in [0.1, 0.15) is 33.6 Å². The number of rotatable bonds is 5. The molecule has 150 valence electrons. The molecule has 3 N–H and O–H groups in total. The average Bonchev–Trinajstić information content (AvgIpc) is 2.96. The molecule has 2 amide bonds. The lowest BCUT2D eigenvalue weighted by Gasteiger charge is -2.30. The number of anilines is 1. The summed E-state index contributed by atoms with van der Waals surface area (Å²) >= 11 is 1.32. The average molecular weight is 423 g/mol. The zero-order valence-corrected chi connectivity index (χ0v) is 17.3. The molecule has 0 aromatic carbocycles. The van der Waals surface area contributed by atoms with Crippen LogP contribution in [-0.4, -0.2) is 42.6 Å². The molecule has 3 heterocycles. The Kier molecular flexibility index (Phi) is 5.82. The van der Waals surface area contributed by atoms with Crippen molar-refractivity contribution in [3.8, 4) is 0 Å². The molecule has 0 radical (unpaired) electrons. The highest BCUT2D eigenvalue weighted by Gasteiger charge is 2.33. The van der Waals surface area contributed by atoms with Crippen molar-refractivity contribution in [1.29, 1.82) is 0 Å². The van der Waals surface area contributed by atoms with Gasteiger partial charge in [-0.1, -0.05) is 0 Å². The molecule has 1 aliphatic heterocycles. The van der Waals surface area contributed by atoms with E-state index < -0.39 is 15.9 Å². The van der Waals surface area contributed by atoms with Crippen LogP contribution in [0.2, 0.25) is 0 Å². The first-order valence-electron chi connectivity index (χ1n) is 8.82. The minimum absolute atomic E-state index is 0.147. The Hall–Kier alpha value is -2.30. The summed E-state index contributed by atoms with van der Waals surface area (Å²) in [5.41, 5.74) is 6.55. The first-order valence-corrected chi connectivity index (χ1v) is 11.1. The predicted octanol–water partition coefficient (Wildman–Crippen LogP) is 1.90. The van der Waals surface area contributed by atoms with Gasteiger partial charge >= 0.3 is 0 Å². The van der Waals surface area contributed by atoms with Gasteiger partial charge in [-0.2, -0.15) is 4.31 Å². The van der Waals surface area contributed by atoms with Crippen LogP contribution in [0.25, 0.3) is 0 Å². The number of pyridine rings is 1. The normalized spacial score (nSPS) is 16.1. The third kappa shape index (κ3) is 3.94. The van der Waals surface area contributed by atoms with E-state index in [2.05, 4.69) is 10.3 Å². The Morgan fingerprint density at radius 2 is 1.96 bits per heavy atom. The number of primary amides is 1. The standard InChI is InChI=1S/C18H22N4O4S2/c1-11-12(2)27-18(15(11)16(19)23)21-17(24)13-5-8-22(9-6-13)28(25,26)14-4-3-7-20-10-14/h3-4,7,10,13H,5-6,8-9H2,1-2H3,(H2,19,23)(H,21,24). The molecule has 8 nitrogen and oxygen atoms in total. The molecule has 0 atom stereocenters. The van der Waals surface area contributed by atoms with Crippen molar-refractivity contribution in [1.82, 2.24) is 9.29 Å². The zero-order valence-electron chi connectivity index (χ0n) is 15.6. The number of thiophene rings is 1. The number of carbonyl (C=O) groups is 2. The SMILES string of the molecule is Cc1sc(NC(=O)C2CCN(S(=O)(=O)c3cccnc3)CC2)c(C(N)=O)c1C. The van der Waals surface area contributed by atoms with Crippen molar-refractivity contribution in [2.45, 2.75) is 31.6 Å². The summed E-state index contributed by atoms with van der Waals surface area (Å²) in [5, 5.41) is 3.27. The molecule has 2 aromatic heterocycles. The summed E-state index contributed by atoms with van der Waals surface area (Å²) < 4.78 is 26.7. The summed E-state index contributed by atoms with van der Waals surface area (Å²) in [5.74, 6) is -1.12. The van der Waals surface area contributed by atoms with E-state index in [0.717, 1.165) is 10.4 Å². The quantitative estimate of drug-likeness (QED) is 0.762. The molecule has 1 aliphatic rings. The van der Waals surface area contributed by atoms with Crippen LogP contribution in [0, 0.1) is 19.8 Å². The highest BCUT2D eigenvalue weighted by atomic mass is 32.2. The fraction of sp³-hybridized carbons (Fsp3) is 0.389. The number of aromatic nitrogens is 1. The van der Waals surface area contributed by atoms with Gasteiger partial charge in [0.15, 0.2) is 0 Å². The minimum atomic E-state index is -3.61. The first-order chi connectivity index (χ1) is 13.2. The van der Waals surface area contributed by atoms with Gasteiger partial charge in [0.2, 0.25) is 15.9 Å². The highest BCUT2D eigenvalue weighted by molar-refractivity contribution is 7.89. The van der Waals surface area contributed by atoms with E-state index in [-0.39, 0.29) is 29.8 Å². The second kappa shape index (κ2) is 7.98. The molecule has 0 saturated carbocycles. The topological polar surface area (TPSA) is 122 Å². The number of sulfonamides is 1. The van der Waals surface area contributed by atoms with Crippen LogP contribution >= 0.6 is 11.3 Å². The van der Waals surface area contributed by atoms with Gasteiger partial charge in [-0.25, -0.2) is 8.42 Å². The maximum absolute atomic E-state index is 12.7. The molecule has 1 saturated heterocycles. The van der Waals surface area contributed by atoms with Gasteiger partial charge in [0.25, 0.3) is 5.91 Å². The first kappa shape index (κ1) is 20.4. The Morgan fingerprint density at radius 3 is 2.54 bits per heavy atom. The number of carbonyl (C=O) groups excluding carboxylic acids is 2. The lowest BCUT2D eigenvalue weighted by molar-refractivity contribution is -0.120. The van der Waals surface area contributed by atoms with E-state index in [4.69, 9.17) is 5.73 Å². The van der Waals surface area contributed by atoms with Crippen molar-refractivity contribution in [2.75, 3.05) is 18.4 Å². The van der Waals surface area contributed by atoms with Gasteiger partial charge in [0.1, 0.15) is 9.90 Å². The number of nitrogens with zero attached hydrogens (tertiary/aromatic N) is 2. The Balaban J connectivity index is 1.67.